The highest BCUT2D eigenvalue weighted by molar-refractivity contribution is 6.04. The number of hydrogen-bond acceptors (Lipinski definition) is 4. The average molecular weight is 241 g/mol. The van der Waals surface area contributed by atoms with Crippen molar-refractivity contribution in [1.82, 2.24) is 10.6 Å². The lowest BCUT2D eigenvalue weighted by molar-refractivity contribution is 0.314. The van der Waals surface area contributed by atoms with Crippen LogP contribution in [0.15, 0.2) is 23.4 Å². The van der Waals surface area contributed by atoms with Crippen molar-refractivity contribution in [3.8, 4) is 0 Å². The average Bonchev–Trinajstić information content (AvgIpc) is 2.34. The van der Waals surface area contributed by atoms with Gasteiger partial charge in [0.2, 0.25) is 0 Å². The Morgan fingerprint density at radius 3 is 2.76 bits per heavy atom. The monoisotopic (exact) mass is 241 g/mol. The maximum Gasteiger partial charge on any atom is 0.135 e. The van der Waals surface area contributed by atoms with Crippen LogP contribution in [-0.4, -0.2) is 36.6 Å². The fraction of sp³-hybridized carbons (Fsp3) is 0.364. The molecule has 0 amide bonds. The summed E-state index contributed by atoms with van der Waals surface area (Å²) in [6, 6.07) is 2.90. The SMILES string of the molecule is ON=C(c1ccc(F)cc1F)C1CNCCN1. The molecule has 0 spiro atoms. The Kier molecular flexibility index (Phi) is 3.65. The number of benzene rings is 1. The predicted molar refractivity (Wildman–Crippen MR) is 59.3 cm³/mol. The molecule has 1 aliphatic rings. The second-order valence-electron chi connectivity index (χ2n) is 3.82. The van der Waals surface area contributed by atoms with Gasteiger partial charge < -0.3 is 15.8 Å². The van der Waals surface area contributed by atoms with Crippen LogP contribution in [0.2, 0.25) is 0 Å². The molecular formula is C11H13F2N3O. The lowest BCUT2D eigenvalue weighted by Crippen LogP contribution is -2.52. The number of oxime groups is 1. The molecule has 1 aromatic carbocycles. The number of nitrogens with one attached hydrogen (secondary N) is 2. The normalized spacial score (nSPS) is 21.5. The predicted octanol–water partition coefficient (Wildman–Crippen LogP) is 0.704. The van der Waals surface area contributed by atoms with Crippen LogP contribution in [0.1, 0.15) is 5.56 Å². The molecule has 3 N–H and O–H groups in total. The molecule has 0 aromatic heterocycles. The molecule has 0 radical (unpaired) electrons. The summed E-state index contributed by atoms with van der Waals surface area (Å²) in [5.74, 6) is -1.39. The highest BCUT2D eigenvalue weighted by Crippen LogP contribution is 2.13. The summed E-state index contributed by atoms with van der Waals surface area (Å²) in [4.78, 5) is 0. The number of hydrogen-bond donors (Lipinski definition) is 3. The van der Waals surface area contributed by atoms with Crippen molar-refractivity contribution in [2.45, 2.75) is 6.04 Å². The van der Waals surface area contributed by atoms with Crippen molar-refractivity contribution < 1.29 is 14.0 Å². The molecule has 1 unspecified atom stereocenters. The maximum absolute atomic E-state index is 13.6. The van der Waals surface area contributed by atoms with E-state index >= 15 is 0 Å². The third kappa shape index (κ3) is 2.59. The van der Waals surface area contributed by atoms with Gasteiger partial charge in [-0.05, 0) is 12.1 Å². The second kappa shape index (κ2) is 5.20. The van der Waals surface area contributed by atoms with Gasteiger partial charge in [0.15, 0.2) is 0 Å². The highest BCUT2D eigenvalue weighted by atomic mass is 19.1. The van der Waals surface area contributed by atoms with E-state index in [1.165, 1.54) is 6.07 Å². The minimum absolute atomic E-state index is 0.107. The molecule has 4 nitrogen and oxygen atoms in total. The summed E-state index contributed by atoms with van der Waals surface area (Å²) in [5, 5.41) is 18.3. The second-order valence-corrected chi connectivity index (χ2v) is 3.82. The summed E-state index contributed by atoms with van der Waals surface area (Å²) in [5.41, 5.74) is 0.282. The van der Waals surface area contributed by atoms with Crippen molar-refractivity contribution in [3.05, 3.63) is 35.4 Å². The third-order valence-electron chi connectivity index (χ3n) is 2.69. The molecule has 1 aliphatic heterocycles. The Labute approximate surface area is 97.3 Å². The summed E-state index contributed by atoms with van der Waals surface area (Å²) < 4.78 is 26.3. The van der Waals surface area contributed by atoms with Gasteiger partial charge in [0.1, 0.15) is 17.3 Å². The summed E-state index contributed by atoms with van der Waals surface area (Å²) in [6.07, 6.45) is 0. The summed E-state index contributed by atoms with van der Waals surface area (Å²) in [6.45, 7) is 2.05. The Morgan fingerprint density at radius 2 is 2.18 bits per heavy atom. The zero-order valence-corrected chi connectivity index (χ0v) is 9.08. The van der Waals surface area contributed by atoms with Gasteiger partial charge in [0.05, 0.1) is 6.04 Å². The Balaban J connectivity index is 2.28. The molecule has 6 heteroatoms. The van der Waals surface area contributed by atoms with E-state index < -0.39 is 11.6 Å². The molecule has 0 aliphatic carbocycles. The number of halogens is 2. The quantitative estimate of drug-likeness (QED) is 0.406. The Hall–Kier alpha value is -1.53. The van der Waals surface area contributed by atoms with Gasteiger partial charge in [-0.25, -0.2) is 8.78 Å². The lowest BCUT2D eigenvalue weighted by atomic mass is 10.0. The molecule has 0 bridgehead atoms. The summed E-state index contributed by atoms with van der Waals surface area (Å²) >= 11 is 0. The first-order valence-corrected chi connectivity index (χ1v) is 5.34. The van der Waals surface area contributed by atoms with Gasteiger partial charge in [-0.3, -0.25) is 0 Å². The number of piperazine rings is 1. The van der Waals surface area contributed by atoms with Gasteiger partial charge in [0, 0.05) is 31.3 Å². The van der Waals surface area contributed by atoms with E-state index in [1.807, 2.05) is 0 Å². The Morgan fingerprint density at radius 1 is 1.35 bits per heavy atom. The largest absolute Gasteiger partial charge is 0.411 e. The smallest absolute Gasteiger partial charge is 0.135 e. The van der Waals surface area contributed by atoms with Gasteiger partial charge in [-0.15, -0.1) is 0 Å². The molecule has 1 heterocycles. The topological polar surface area (TPSA) is 56.7 Å². The highest BCUT2D eigenvalue weighted by Gasteiger charge is 2.23. The van der Waals surface area contributed by atoms with Gasteiger partial charge >= 0.3 is 0 Å². The van der Waals surface area contributed by atoms with Crippen LogP contribution >= 0.6 is 0 Å². The van der Waals surface area contributed by atoms with Crippen molar-refractivity contribution in [1.29, 1.82) is 0 Å². The molecule has 1 aromatic rings. The minimum atomic E-state index is -0.731. The van der Waals surface area contributed by atoms with Crippen molar-refractivity contribution in [2.24, 2.45) is 5.16 Å². The first-order chi connectivity index (χ1) is 8.22. The minimum Gasteiger partial charge on any atom is -0.411 e. The zero-order valence-electron chi connectivity index (χ0n) is 9.08. The van der Waals surface area contributed by atoms with Crippen molar-refractivity contribution in [3.63, 3.8) is 0 Å². The molecular weight excluding hydrogens is 228 g/mol. The molecule has 1 fully saturated rings. The standard InChI is InChI=1S/C11H13F2N3O/c12-7-1-2-8(9(13)5-7)11(16-17)10-6-14-3-4-15-10/h1-2,5,10,14-15,17H,3-4,6H2. The van der Waals surface area contributed by atoms with Crippen LogP contribution in [0.5, 0.6) is 0 Å². The van der Waals surface area contributed by atoms with E-state index in [2.05, 4.69) is 15.8 Å². The molecule has 0 saturated carbocycles. The molecule has 1 atom stereocenters. The molecule has 17 heavy (non-hydrogen) atoms. The number of nitrogens with zero attached hydrogens (tertiary/aromatic N) is 1. The van der Waals surface area contributed by atoms with E-state index in [4.69, 9.17) is 5.21 Å². The van der Waals surface area contributed by atoms with E-state index in [-0.39, 0.29) is 17.3 Å². The first-order valence-electron chi connectivity index (χ1n) is 5.34. The third-order valence-corrected chi connectivity index (χ3v) is 2.69. The molecule has 1 saturated heterocycles. The van der Waals surface area contributed by atoms with Gasteiger partial charge in [0.25, 0.3) is 0 Å². The van der Waals surface area contributed by atoms with Crippen molar-refractivity contribution in [2.75, 3.05) is 19.6 Å². The fourth-order valence-electron chi connectivity index (χ4n) is 1.86. The van der Waals surface area contributed by atoms with E-state index in [1.54, 1.807) is 0 Å². The Bertz CT molecular complexity index is 431. The first kappa shape index (κ1) is 11.9. The van der Waals surface area contributed by atoms with Crippen molar-refractivity contribution >= 4 is 5.71 Å². The van der Waals surface area contributed by atoms with Crippen LogP contribution < -0.4 is 10.6 Å². The fourth-order valence-corrected chi connectivity index (χ4v) is 1.86. The van der Waals surface area contributed by atoms with Crippen LogP contribution in [0.3, 0.4) is 0 Å². The van der Waals surface area contributed by atoms with E-state index in [0.717, 1.165) is 18.7 Å². The van der Waals surface area contributed by atoms with E-state index in [9.17, 15) is 8.78 Å². The van der Waals surface area contributed by atoms with Crippen LogP contribution in [-0.2, 0) is 0 Å². The number of rotatable bonds is 2. The van der Waals surface area contributed by atoms with Crippen LogP contribution in [0.25, 0.3) is 0 Å². The maximum atomic E-state index is 13.6. The zero-order chi connectivity index (χ0) is 12.3. The van der Waals surface area contributed by atoms with Gasteiger partial charge in [-0.2, -0.15) is 0 Å². The van der Waals surface area contributed by atoms with Crippen LogP contribution in [0.4, 0.5) is 8.78 Å². The molecule has 92 valence electrons. The summed E-state index contributed by atoms with van der Waals surface area (Å²) in [7, 11) is 0. The van der Waals surface area contributed by atoms with Gasteiger partial charge in [-0.1, -0.05) is 5.16 Å². The molecule has 2 rings (SSSR count). The lowest BCUT2D eigenvalue weighted by Gasteiger charge is -2.25. The van der Waals surface area contributed by atoms with E-state index in [0.29, 0.717) is 13.1 Å². The van der Waals surface area contributed by atoms with Crippen LogP contribution in [0, 0.1) is 11.6 Å².